The van der Waals surface area contributed by atoms with Gasteiger partial charge < -0.3 is 9.80 Å². The molecule has 0 radical (unpaired) electrons. The van der Waals surface area contributed by atoms with Crippen LogP contribution in [0.5, 0.6) is 0 Å². The Labute approximate surface area is 164 Å². The van der Waals surface area contributed by atoms with E-state index in [1.54, 1.807) is 6.07 Å². The minimum atomic E-state index is -0.0913. The van der Waals surface area contributed by atoms with Gasteiger partial charge in [-0.3, -0.25) is 4.79 Å². The van der Waals surface area contributed by atoms with Crippen LogP contribution >= 0.6 is 0 Å². The number of aromatic nitrogens is 2. The van der Waals surface area contributed by atoms with Crippen LogP contribution in [0.3, 0.4) is 0 Å². The largest absolute Gasteiger partial charge is 0.321 e. The standard InChI is InChI=1S/C23H22N4O/c1-15-13-17-7-3-5-9-20(17)26(15)22-12-11-19(24-25-22)23(28)27-16(2)14-18-8-4-6-10-21(18)27/h3-12,15-16H,13-14H2,1-2H3. The van der Waals surface area contributed by atoms with Gasteiger partial charge in [0.05, 0.1) is 0 Å². The van der Waals surface area contributed by atoms with Crippen molar-refractivity contribution in [1.82, 2.24) is 10.2 Å². The summed E-state index contributed by atoms with van der Waals surface area (Å²) in [5.41, 5.74) is 5.06. The topological polar surface area (TPSA) is 49.3 Å². The molecule has 0 bridgehead atoms. The molecule has 2 aromatic carbocycles. The van der Waals surface area contributed by atoms with Crippen molar-refractivity contribution in [2.24, 2.45) is 0 Å². The maximum atomic E-state index is 13.1. The second kappa shape index (κ2) is 6.44. The van der Waals surface area contributed by atoms with Crippen molar-refractivity contribution in [2.45, 2.75) is 38.8 Å². The third-order valence-electron chi connectivity index (χ3n) is 5.75. The highest BCUT2D eigenvalue weighted by Crippen LogP contribution is 2.37. The quantitative estimate of drug-likeness (QED) is 0.680. The summed E-state index contributed by atoms with van der Waals surface area (Å²) in [5.74, 6) is 0.690. The minimum absolute atomic E-state index is 0.0913. The smallest absolute Gasteiger partial charge is 0.279 e. The average Bonchev–Trinajstić information content (AvgIpc) is 3.22. The summed E-state index contributed by atoms with van der Waals surface area (Å²) < 4.78 is 0. The summed E-state index contributed by atoms with van der Waals surface area (Å²) in [6.07, 6.45) is 1.86. The highest BCUT2D eigenvalue weighted by molar-refractivity contribution is 6.06. The van der Waals surface area contributed by atoms with Crippen LogP contribution in [-0.2, 0) is 12.8 Å². The molecule has 2 aliphatic rings. The number of fused-ring (bicyclic) bond motifs is 2. The molecule has 0 spiro atoms. The molecule has 3 aromatic rings. The van der Waals surface area contributed by atoms with Gasteiger partial charge in [0.15, 0.2) is 11.5 Å². The molecule has 2 atom stereocenters. The van der Waals surface area contributed by atoms with E-state index in [1.165, 1.54) is 16.8 Å². The number of carbonyl (C=O) groups is 1. The lowest BCUT2D eigenvalue weighted by atomic mass is 10.1. The molecule has 2 aliphatic heterocycles. The molecule has 28 heavy (non-hydrogen) atoms. The van der Waals surface area contributed by atoms with Gasteiger partial charge in [-0.15, -0.1) is 10.2 Å². The third kappa shape index (κ3) is 2.58. The van der Waals surface area contributed by atoms with Crippen molar-refractivity contribution in [3.05, 3.63) is 77.5 Å². The van der Waals surface area contributed by atoms with Gasteiger partial charge in [-0.2, -0.15) is 0 Å². The molecule has 5 heteroatoms. The van der Waals surface area contributed by atoms with E-state index in [0.29, 0.717) is 11.7 Å². The van der Waals surface area contributed by atoms with Crippen LogP contribution in [0, 0.1) is 0 Å². The predicted octanol–water partition coefficient (Wildman–Crippen LogP) is 4.15. The molecule has 2 unspecified atom stereocenters. The number of amides is 1. The molecule has 1 aromatic heterocycles. The molecule has 5 nitrogen and oxygen atoms in total. The van der Waals surface area contributed by atoms with Crippen molar-refractivity contribution < 1.29 is 4.79 Å². The zero-order valence-electron chi connectivity index (χ0n) is 16.0. The fraction of sp³-hybridized carbons (Fsp3) is 0.261. The van der Waals surface area contributed by atoms with E-state index in [2.05, 4.69) is 53.2 Å². The lowest BCUT2D eigenvalue weighted by Crippen LogP contribution is -2.36. The highest BCUT2D eigenvalue weighted by atomic mass is 16.2. The summed E-state index contributed by atoms with van der Waals surface area (Å²) in [5, 5.41) is 8.71. The van der Waals surface area contributed by atoms with E-state index in [-0.39, 0.29) is 11.9 Å². The molecule has 0 aliphatic carbocycles. The van der Waals surface area contributed by atoms with Gasteiger partial charge in [-0.1, -0.05) is 36.4 Å². The average molecular weight is 370 g/mol. The number of hydrogen-bond donors (Lipinski definition) is 0. The van der Waals surface area contributed by atoms with Gasteiger partial charge in [0.25, 0.3) is 5.91 Å². The normalized spacial score (nSPS) is 20.2. The molecule has 0 saturated carbocycles. The zero-order valence-corrected chi connectivity index (χ0v) is 16.0. The van der Waals surface area contributed by atoms with E-state index in [0.717, 1.165) is 24.3 Å². The third-order valence-corrected chi connectivity index (χ3v) is 5.75. The second-order valence-electron chi connectivity index (χ2n) is 7.69. The molecule has 1 amide bonds. The Balaban J connectivity index is 1.44. The molecule has 140 valence electrons. The lowest BCUT2D eigenvalue weighted by molar-refractivity contribution is 0.0975. The van der Waals surface area contributed by atoms with Crippen molar-refractivity contribution in [3.8, 4) is 0 Å². The molecule has 0 fully saturated rings. The lowest BCUT2D eigenvalue weighted by Gasteiger charge is -2.24. The first-order valence-corrected chi connectivity index (χ1v) is 9.76. The molecule has 0 saturated heterocycles. The SMILES string of the molecule is CC1Cc2ccccc2N1C(=O)c1ccc(N2c3ccccc3CC2C)nn1. The molecule has 5 rings (SSSR count). The van der Waals surface area contributed by atoms with Gasteiger partial charge in [0, 0.05) is 23.5 Å². The fourth-order valence-electron chi connectivity index (χ4n) is 4.48. The zero-order chi connectivity index (χ0) is 19.3. The first kappa shape index (κ1) is 16.9. The van der Waals surface area contributed by atoms with Gasteiger partial charge in [-0.25, -0.2) is 0 Å². The number of para-hydroxylation sites is 2. The summed E-state index contributed by atoms with van der Waals surface area (Å²) in [7, 11) is 0. The summed E-state index contributed by atoms with van der Waals surface area (Å²) in [4.78, 5) is 17.2. The van der Waals surface area contributed by atoms with Crippen molar-refractivity contribution >= 4 is 23.1 Å². The Kier molecular flexibility index (Phi) is 3.90. The first-order valence-electron chi connectivity index (χ1n) is 9.76. The van der Waals surface area contributed by atoms with Crippen LogP contribution in [0.1, 0.15) is 35.5 Å². The molecule has 3 heterocycles. The number of carbonyl (C=O) groups excluding carboxylic acids is 1. The first-order chi connectivity index (χ1) is 13.6. The van der Waals surface area contributed by atoms with E-state index in [4.69, 9.17) is 0 Å². The van der Waals surface area contributed by atoms with Gasteiger partial charge >= 0.3 is 0 Å². The van der Waals surface area contributed by atoms with Crippen molar-refractivity contribution in [1.29, 1.82) is 0 Å². The van der Waals surface area contributed by atoms with Gasteiger partial charge in [0.1, 0.15) is 0 Å². The van der Waals surface area contributed by atoms with Crippen LogP contribution in [0.15, 0.2) is 60.7 Å². The molecular formula is C23H22N4O. The fourth-order valence-corrected chi connectivity index (χ4v) is 4.48. The monoisotopic (exact) mass is 370 g/mol. The number of benzene rings is 2. The molecule has 0 N–H and O–H groups in total. The van der Waals surface area contributed by atoms with Crippen LogP contribution < -0.4 is 9.80 Å². The Hall–Kier alpha value is -3.21. The second-order valence-corrected chi connectivity index (χ2v) is 7.69. The Morgan fingerprint density at radius 1 is 0.821 bits per heavy atom. The minimum Gasteiger partial charge on any atom is -0.321 e. The molecular weight excluding hydrogens is 348 g/mol. The van der Waals surface area contributed by atoms with E-state index < -0.39 is 0 Å². The van der Waals surface area contributed by atoms with E-state index >= 15 is 0 Å². The van der Waals surface area contributed by atoms with Crippen molar-refractivity contribution in [2.75, 3.05) is 9.80 Å². The van der Waals surface area contributed by atoms with Crippen LogP contribution in [0.4, 0.5) is 17.2 Å². The summed E-state index contributed by atoms with van der Waals surface area (Å²) >= 11 is 0. The van der Waals surface area contributed by atoms with Gasteiger partial charge in [-0.05, 0) is 62.1 Å². The predicted molar refractivity (Wildman–Crippen MR) is 110 cm³/mol. The summed E-state index contributed by atoms with van der Waals surface area (Å²) in [6.45, 7) is 4.26. The number of hydrogen-bond acceptors (Lipinski definition) is 4. The van der Waals surface area contributed by atoms with Crippen LogP contribution in [0.2, 0.25) is 0 Å². The Bertz CT molecular complexity index is 1050. The van der Waals surface area contributed by atoms with Crippen molar-refractivity contribution in [3.63, 3.8) is 0 Å². The maximum Gasteiger partial charge on any atom is 0.279 e. The Morgan fingerprint density at radius 3 is 2.18 bits per heavy atom. The van der Waals surface area contributed by atoms with E-state index in [1.807, 2.05) is 35.2 Å². The van der Waals surface area contributed by atoms with Crippen LogP contribution in [-0.4, -0.2) is 28.2 Å². The van der Waals surface area contributed by atoms with Crippen LogP contribution in [0.25, 0.3) is 0 Å². The number of rotatable bonds is 2. The maximum absolute atomic E-state index is 13.1. The Morgan fingerprint density at radius 2 is 1.46 bits per heavy atom. The number of nitrogens with zero attached hydrogens (tertiary/aromatic N) is 4. The number of anilines is 3. The summed E-state index contributed by atoms with van der Waals surface area (Å²) in [6, 6.07) is 20.6. The highest BCUT2D eigenvalue weighted by Gasteiger charge is 2.33. The van der Waals surface area contributed by atoms with Gasteiger partial charge in [0.2, 0.25) is 0 Å². The van der Waals surface area contributed by atoms with E-state index in [9.17, 15) is 4.79 Å².